The average Bonchev–Trinajstić information content (AvgIpc) is 2.67. The molecule has 0 radical (unpaired) electrons. The minimum absolute atomic E-state index is 0.217. The van der Waals surface area contributed by atoms with Crippen LogP contribution in [0.5, 0.6) is 11.5 Å². The quantitative estimate of drug-likeness (QED) is 0.316. The number of hydrogen-bond donors (Lipinski definition) is 0. The molecular formula is C25H35NO3. The van der Waals surface area contributed by atoms with E-state index in [0.29, 0.717) is 36.0 Å². The number of benzene rings is 1. The standard InChI is InChI=1S/C25H35NO3/c1-4-6-24(27)29-22-8-7-18(12-23(22)28-5-2)16-26-17(3)25-13-19-9-20(14-25)11-21(10-19)15-25/h7-8,12,16-17,19-21H,4-6,9-11,13-15H2,1-3H3. The highest BCUT2D eigenvalue weighted by Gasteiger charge is 2.53. The Kier molecular flexibility index (Phi) is 5.98. The summed E-state index contributed by atoms with van der Waals surface area (Å²) in [5.74, 6) is 3.73. The lowest BCUT2D eigenvalue weighted by Crippen LogP contribution is -2.50. The normalized spacial score (nSPS) is 31.2. The Balaban J connectivity index is 1.47. The summed E-state index contributed by atoms with van der Waals surface area (Å²) in [6, 6.07) is 6.09. The molecule has 1 atom stereocenters. The molecule has 4 heteroatoms. The second-order valence-electron chi connectivity index (χ2n) is 9.60. The van der Waals surface area contributed by atoms with Gasteiger partial charge >= 0.3 is 5.97 Å². The van der Waals surface area contributed by atoms with Gasteiger partial charge in [0.1, 0.15) is 0 Å². The molecule has 5 rings (SSSR count). The summed E-state index contributed by atoms with van der Waals surface area (Å²) in [5, 5.41) is 0. The number of esters is 1. The van der Waals surface area contributed by atoms with Gasteiger partial charge in [-0.1, -0.05) is 6.92 Å². The van der Waals surface area contributed by atoms with Crippen LogP contribution in [0.25, 0.3) is 0 Å². The zero-order valence-electron chi connectivity index (χ0n) is 18.2. The molecule has 1 unspecified atom stereocenters. The van der Waals surface area contributed by atoms with E-state index in [-0.39, 0.29) is 5.97 Å². The lowest BCUT2D eigenvalue weighted by Gasteiger charge is -2.58. The average molecular weight is 398 g/mol. The summed E-state index contributed by atoms with van der Waals surface area (Å²) in [5.41, 5.74) is 1.42. The number of ether oxygens (including phenoxy) is 2. The SMILES string of the molecule is CCCC(=O)Oc1ccc(C=NC(C)C23CC4CC(CC(C4)C2)C3)cc1OCC. The highest BCUT2D eigenvalue weighted by atomic mass is 16.6. The largest absolute Gasteiger partial charge is 0.490 e. The van der Waals surface area contributed by atoms with Crippen LogP contribution in [-0.4, -0.2) is 24.8 Å². The van der Waals surface area contributed by atoms with Crippen LogP contribution in [0.2, 0.25) is 0 Å². The van der Waals surface area contributed by atoms with Crippen molar-refractivity contribution in [3.8, 4) is 11.5 Å². The summed E-state index contributed by atoms with van der Waals surface area (Å²) in [6.07, 6.45) is 11.7. The Bertz CT molecular complexity index is 734. The molecule has 0 N–H and O–H groups in total. The zero-order valence-corrected chi connectivity index (χ0v) is 18.2. The van der Waals surface area contributed by atoms with Crippen LogP contribution < -0.4 is 9.47 Å². The highest BCUT2D eigenvalue weighted by Crippen LogP contribution is 2.61. The molecule has 1 aromatic rings. The Labute approximate surface area is 175 Å². The van der Waals surface area contributed by atoms with E-state index >= 15 is 0 Å². The summed E-state index contributed by atoms with van der Waals surface area (Å²) >= 11 is 0. The van der Waals surface area contributed by atoms with Gasteiger partial charge in [0.15, 0.2) is 11.5 Å². The first-order chi connectivity index (χ1) is 14.0. The molecule has 4 bridgehead atoms. The van der Waals surface area contributed by atoms with Crippen LogP contribution in [0, 0.1) is 23.2 Å². The van der Waals surface area contributed by atoms with Crippen LogP contribution >= 0.6 is 0 Å². The van der Waals surface area contributed by atoms with Gasteiger partial charge < -0.3 is 9.47 Å². The van der Waals surface area contributed by atoms with E-state index in [4.69, 9.17) is 14.5 Å². The molecule has 4 fully saturated rings. The molecule has 4 aliphatic carbocycles. The Morgan fingerprint density at radius 2 is 1.79 bits per heavy atom. The number of hydrogen-bond acceptors (Lipinski definition) is 4. The zero-order chi connectivity index (χ0) is 20.4. The van der Waals surface area contributed by atoms with E-state index in [2.05, 4.69) is 6.92 Å². The molecule has 0 aliphatic heterocycles. The molecule has 0 aromatic heterocycles. The van der Waals surface area contributed by atoms with Crippen molar-refractivity contribution >= 4 is 12.2 Å². The summed E-state index contributed by atoms with van der Waals surface area (Å²) in [4.78, 5) is 16.9. The van der Waals surface area contributed by atoms with Gasteiger partial charge in [0, 0.05) is 12.6 Å². The number of carbonyl (C=O) groups is 1. The van der Waals surface area contributed by atoms with Gasteiger partial charge in [-0.25, -0.2) is 0 Å². The van der Waals surface area contributed by atoms with Crippen LogP contribution in [0.1, 0.15) is 77.7 Å². The molecular weight excluding hydrogens is 362 g/mol. The molecule has 158 valence electrons. The molecule has 4 saturated carbocycles. The van der Waals surface area contributed by atoms with E-state index in [1.165, 1.54) is 38.5 Å². The number of rotatable bonds is 8. The van der Waals surface area contributed by atoms with Gasteiger partial charge in [0.05, 0.1) is 12.6 Å². The smallest absolute Gasteiger partial charge is 0.311 e. The number of aliphatic imine (C=N–C) groups is 1. The van der Waals surface area contributed by atoms with Crippen molar-refractivity contribution in [1.29, 1.82) is 0 Å². The summed E-state index contributed by atoms with van der Waals surface area (Å²) < 4.78 is 11.2. The lowest BCUT2D eigenvalue weighted by atomic mass is 9.48. The Morgan fingerprint density at radius 1 is 1.14 bits per heavy atom. The van der Waals surface area contributed by atoms with Crippen molar-refractivity contribution in [3.05, 3.63) is 23.8 Å². The monoisotopic (exact) mass is 397 g/mol. The van der Waals surface area contributed by atoms with Crippen molar-refractivity contribution in [2.45, 2.75) is 78.2 Å². The summed E-state index contributed by atoms with van der Waals surface area (Å²) in [6.45, 7) is 6.75. The molecule has 1 aromatic carbocycles. The molecule has 29 heavy (non-hydrogen) atoms. The Morgan fingerprint density at radius 3 is 2.38 bits per heavy atom. The fourth-order valence-electron chi connectivity index (χ4n) is 6.38. The van der Waals surface area contributed by atoms with Crippen molar-refractivity contribution in [3.63, 3.8) is 0 Å². The third-order valence-electron chi connectivity index (χ3n) is 7.36. The van der Waals surface area contributed by atoms with Gasteiger partial charge in [-0.2, -0.15) is 0 Å². The number of nitrogens with zero attached hydrogens (tertiary/aromatic N) is 1. The molecule has 0 heterocycles. The van der Waals surface area contributed by atoms with Crippen LogP contribution in [0.4, 0.5) is 0 Å². The number of carbonyl (C=O) groups excluding carboxylic acids is 1. The topological polar surface area (TPSA) is 47.9 Å². The minimum atomic E-state index is -0.217. The van der Waals surface area contributed by atoms with Crippen molar-refractivity contribution in [2.75, 3.05) is 6.61 Å². The predicted molar refractivity (Wildman–Crippen MR) is 116 cm³/mol. The maximum absolute atomic E-state index is 11.9. The molecule has 4 nitrogen and oxygen atoms in total. The first-order valence-electron chi connectivity index (χ1n) is 11.5. The second kappa shape index (κ2) is 8.49. The molecule has 0 saturated heterocycles. The van der Waals surface area contributed by atoms with E-state index in [9.17, 15) is 4.79 Å². The Hall–Kier alpha value is -1.84. The van der Waals surface area contributed by atoms with Crippen molar-refractivity contribution in [2.24, 2.45) is 28.2 Å². The van der Waals surface area contributed by atoms with Gasteiger partial charge in [0.2, 0.25) is 0 Å². The second-order valence-corrected chi connectivity index (χ2v) is 9.60. The van der Waals surface area contributed by atoms with Crippen molar-refractivity contribution in [1.82, 2.24) is 0 Å². The molecule has 0 spiro atoms. The lowest BCUT2D eigenvalue weighted by molar-refractivity contribution is -0.134. The first kappa shape index (κ1) is 20.4. The van der Waals surface area contributed by atoms with E-state index in [1.807, 2.05) is 38.3 Å². The van der Waals surface area contributed by atoms with Gasteiger partial charge in [0.25, 0.3) is 0 Å². The van der Waals surface area contributed by atoms with Gasteiger partial charge in [-0.15, -0.1) is 0 Å². The predicted octanol–water partition coefficient (Wildman–Crippen LogP) is 5.81. The first-order valence-corrected chi connectivity index (χ1v) is 11.5. The summed E-state index contributed by atoms with van der Waals surface area (Å²) in [7, 11) is 0. The van der Waals surface area contributed by atoms with Crippen molar-refractivity contribution < 1.29 is 14.3 Å². The van der Waals surface area contributed by atoms with Crippen LogP contribution in [0.3, 0.4) is 0 Å². The maximum Gasteiger partial charge on any atom is 0.311 e. The maximum atomic E-state index is 11.9. The minimum Gasteiger partial charge on any atom is -0.490 e. The molecule has 4 aliphatic rings. The highest BCUT2D eigenvalue weighted by molar-refractivity contribution is 5.82. The van der Waals surface area contributed by atoms with E-state index < -0.39 is 0 Å². The third-order valence-corrected chi connectivity index (χ3v) is 7.36. The van der Waals surface area contributed by atoms with Gasteiger partial charge in [-0.05, 0) is 106 Å². The van der Waals surface area contributed by atoms with Gasteiger partial charge in [-0.3, -0.25) is 9.79 Å². The van der Waals surface area contributed by atoms with Crippen LogP contribution in [0.15, 0.2) is 23.2 Å². The van der Waals surface area contributed by atoms with E-state index in [1.54, 1.807) is 0 Å². The van der Waals surface area contributed by atoms with Crippen LogP contribution in [-0.2, 0) is 4.79 Å². The van der Waals surface area contributed by atoms with E-state index in [0.717, 1.165) is 29.7 Å². The molecule has 0 amide bonds. The fraction of sp³-hybridized carbons (Fsp3) is 0.680. The third kappa shape index (κ3) is 4.36. The fourth-order valence-corrected chi connectivity index (χ4v) is 6.38.